The molecule has 2 aromatic rings. The first kappa shape index (κ1) is 20.3. The van der Waals surface area contributed by atoms with Crippen LogP contribution in [0, 0.1) is 6.92 Å². The number of alkyl halides is 2. The molecule has 3 rings (SSSR count). The maximum Gasteiger partial charge on any atom is 0.387 e. The average molecular weight is 408 g/mol. The lowest BCUT2D eigenvalue weighted by Crippen LogP contribution is -2.40. The fourth-order valence-electron chi connectivity index (χ4n) is 3.10. The van der Waals surface area contributed by atoms with Crippen LogP contribution >= 0.6 is 0 Å². The molecule has 2 heterocycles. The van der Waals surface area contributed by atoms with E-state index in [2.05, 4.69) is 14.8 Å². The van der Waals surface area contributed by atoms with Gasteiger partial charge in [0.1, 0.15) is 28.4 Å². The van der Waals surface area contributed by atoms with Gasteiger partial charge in [-0.3, -0.25) is 9.69 Å². The molecule has 0 saturated carbocycles. The Labute approximate surface area is 164 Å². The number of furan rings is 1. The number of esters is 1. The van der Waals surface area contributed by atoms with E-state index in [1.165, 1.54) is 44.4 Å². The highest BCUT2D eigenvalue weighted by Gasteiger charge is 2.49. The van der Waals surface area contributed by atoms with E-state index in [1.54, 1.807) is 6.92 Å². The largest absolute Gasteiger partial charge is 0.465 e. The summed E-state index contributed by atoms with van der Waals surface area (Å²) < 4.78 is 39.0. The minimum absolute atomic E-state index is 0.0672. The number of amides is 3. The summed E-state index contributed by atoms with van der Waals surface area (Å²) in [4.78, 5) is 38.0. The maximum absolute atomic E-state index is 12.9. The molecule has 1 aliphatic rings. The first-order valence-electron chi connectivity index (χ1n) is 8.52. The number of rotatable bonds is 6. The number of carbonyl (C=O) groups excluding carboxylic acids is 3. The van der Waals surface area contributed by atoms with Gasteiger partial charge in [0.25, 0.3) is 5.91 Å². The van der Waals surface area contributed by atoms with E-state index in [-0.39, 0.29) is 23.6 Å². The van der Waals surface area contributed by atoms with Gasteiger partial charge in [-0.15, -0.1) is 0 Å². The molecule has 1 aliphatic heterocycles. The molecular formula is C19H18F2N2O6. The monoisotopic (exact) mass is 408 g/mol. The first-order chi connectivity index (χ1) is 13.7. The Morgan fingerprint density at radius 1 is 1.28 bits per heavy atom. The zero-order valence-electron chi connectivity index (χ0n) is 15.8. The van der Waals surface area contributed by atoms with Crippen molar-refractivity contribution in [2.24, 2.45) is 0 Å². The highest BCUT2D eigenvalue weighted by atomic mass is 19.3. The summed E-state index contributed by atoms with van der Waals surface area (Å²) in [6.07, 6.45) is 0. The zero-order valence-corrected chi connectivity index (χ0v) is 15.8. The Morgan fingerprint density at radius 2 is 1.93 bits per heavy atom. The van der Waals surface area contributed by atoms with Gasteiger partial charge in [0.15, 0.2) is 0 Å². The van der Waals surface area contributed by atoms with E-state index in [0.717, 1.165) is 4.90 Å². The lowest BCUT2D eigenvalue weighted by molar-refractivity contribution is -0.131. The molecule has 0 bridgehead atoms. The molecule has 10 heteroatoms. The molecule has 1 fully saturated rings. The van der Waals surface area contributed by atoms with Gasteiger partial charge in [0.2, 0.25) is 0 Å². The molecular weight excluding hydrogens is 390 g/mol. The lowest BCUT2D eigenvalue weighted by Gasteiger charge is -2.22. The molecule has 0 unspecified atom stereocenters. The summed E-state index contributed by atoms with van der Waals surface area (Å²) in [6, 6.07) is 6.17. The van der Waals surface area contributed by atoms with Crippen LogP contribution in [0.4, 0.5) is 13.6 Å². The maximum atomic E-state index is 12.9. The molecule has 0 spiro atoms. The van der Waals surface area contributed by atoms with E-state index >= 15 is 0 Å². The highest BCUT2D eigenvalue weighted by Crippen LogP contribution is 2.31. The third kappa shape index (κ3) is 3.78. The predicted molar refractivity (Wildman–Crippen MR) is 94.3 cm³/mol. The molecule has 3 amide bonds. The molecule has 1 saturated heterocycles. The third-order valence-electron chi connectivity index (χ3n) is 4.62. The van der Waals surface area contributed by atoms with Crippen molar-refractivity contribution in [3.05, 3.63) is 53.0 Å². The summed E-state index contributed by atoms with van der Waals surface area (Å²) in [6.45, 7) is -0.0884. The summed E-state index contributed by atoms with van der Waals surface area (Å²) in [5, 5.41) is 2.60. The molecule has 0 radical (unpaired) electrons. The standard InChI is InChI=1S/C19H18F2N2O6/c1-10-14(15(24)27-3)8-13(28-10)9-23-16(25)19(2,22-18(23)26)11-4-6-12(7-5-11)29-17(20)21/h4-8,17H,9H2,1-3H3,(H,22,26)/t19-/m1/s1. The van der Waals surface area contributed by atoms with E-state index < -0.39 is 30.1 Å². The number of imide groups is 1. The zero-order chi connectivity index (χ0) is 21.3. The second kappa shape index (κ2) is 7.53. The van der Waals surface area contributed by atoms with Crippen molar-refractivity contribution < 1.29 is 37.1 Å². The second-order valence-corrected chi connectivity index (χ2v) is 6.52. The molecule has 1 N–H and O–H groups in total. The molecule has 1 aromatic heterocycles. The fourth-order valence-corrected chi connectivity index (χ4v) is 3.10. The van der Waals surface area contributed by atoms with Crippen LogP contribution in [0.5, 0.6) is 5.75 Å². The average Bonchev–Trinajstić information content (AvgIpc) is 3.14. The summed E-state index contributed by atoms with van der Waals surface area (Å²) in [5.74, 6) is -0.681. The Morgan fingerprint density at radius 3 is 2.52 bits per heavy atom. The quantitative estimate of drug-likeness (QED) is 0.583. The fraction of sp³-hybridized carbons (Fsp3) is 0.316. The van der Waals surface area contributed by atoms with Crippen LogP contribution < -0.4 is 10.1 Å². The predicted octanol–water partition coefficient (Wildman–Crippen LogP) is 2.94. The van der Waals surface area contributed by atoms with Gasteiger partial charge in [0.05, 0.1) is 13.7 Å². The number of benzene rings is 1. The van der Waals surface area contributed by atoms with Crippen LogP contribution in [0.15, 0.2) is 34.7 Å². The van der Waals surface area contributed by atoms with Crippen molar-refractivity contribution in [1.82, 2.24) is 10.2 Å². The normalized spacial score (nSPS) is 18.9. The summed E-state index contributed by atoms with van der Waals surface area (Å²) >= 11 is 0. The van der Waals surface area contributed by atoms with Crippen molar-refractivity contribution >= 4 is 17.9 Å². The van der Waals surface area contributed by atoms with Gasteiger partial charge in [-0.25, -0.2) is 9.59 Å². The molecule has 29 heavy (non-hydrogen) atoms. The van der Waals surface area contributed by atoms with Gasteiger partial charge >= 0.3 is 18.6 Å². The first-order valence-corrected chi connectivity index (χ1v) is 8.52. The number of nitrogens with zero attached hydrogens (tertiary/aromatic N) is 1. The van der Waals surface area contributed by atoms with Crippen LogP contribution in [-0.4, -0.2) is 36.5 Å². The number of methoxy groups -OCH3 is 1. The molecule has 0 aliphatic carbocycles. The van der Waals surface area contributed by atoms with Gasteiger partial charge < -0.3 is 19.2 Å². The summed E-state index contributed by atoms with van der Waals surface area (Å²) in [7, 11) is 1.23. The van der Waals surface area contributed by atoms with Crippen molar-refractivity contribution in [2.75, 3.05) is 7.11 Å². The van der Waals surface area contributed by atoms with E-state index in [0.29, 0.717) is 11.3 Å². The minimum atomic E-state index is -2.97. The molecule has 1 atom stereocenters. The topological polar surface area (TPSA) is 98.1 Å². The number of hydrogen-bond donors (Lipinski definition) is 1. The number of carbonyl (C=O) groups is 3. The van der Waals surface area contributed by atoms with Crippen molar-refractivity contribution in [3.8, 4) is 5.75 Å². The molecule has 8 nitrogen and oxygen atoms in total. The highest BCUT2D eigenvalue weighted by molar-refractivity contribution is 6.07. The van der Waals surface area contributed by atoms with E-state index in [1.807, 2.05) is 0 Å². The van der Waals surface area contributed by atoms with Gasteiger partial charge in [-0.1, -0.05) is 12.1 Å². The molecule has 1 aromatic carbocycles. The number of aryl methyl sites for hydroxylation is 1. The number of hydrogen-bond acceptors (Lipinski definition) is 6. The van der Waals surface area contributed by atoms with Crippen molar-refractivity contribution in [1.29, 1.82) is 0 Å². The van der Waals surface area contributed by atoms with Crippen molar-refractivity contribution in [2.45, 2.75) is 32.5 Å². The van der Waals surface area contributed by atoms with Gasteiger partial charge in [-0.05, 0) is 37.6 Å². The summed E-state index contributed by atoms with van der Waals surface area (Å²) in [5.41, 5.74) is -0.800. The minimum Gasteiger partial charge on any atom is -0.465 e. The number of nitrogens with one attached hydrogen (secondary N) is 1. The number of ether oxygens (including phenoxy) is 2. The van der Waals surface area contributed by atoms with Crippen LogP contribution in [0.1, 0.15) is 34.4 Å². The Kier molecular flexibility index (Phi) is 5.27. The number of urea groups is 1. The van der Waals surface area contributed by atoms with Crippen LogP contribution in [0.3, 0.4) is 0 Å². The second-order valence-electron chi connectivity index (χ2n) is 6.52. The number of halogens is 2. The molecule has 154 valence electrons. The Bertz CT molecular complexity index is 956. The van der Waals surface area contributed by atoms with E-state index in [9.17, 15) is 23.2 Å². The Balaban J connectivity index is 1.81. The SMILES string of the molecule is COC(=O)c1cc(CN2C(=O)N[C@](C)(c3ccc(OC(F)F)cc3)C2=O)oc1C. The Hall–Kier alpha value is -3.43. The van der Waals surface area contributed by atoms with Gasteiger partial charge in [0, 0.05) is 0 Å². The van der Waals surface area contributed by atoms with Crippen LogP contribution in [0.2, 0.25) is 0 Å². The third-order valence-corrected chi connectivity index (χ3v) is 4.62. The van der Waals surface area contributed by atoms with Crippen LogP contribution in [0.25, 0.3) is 0 Å². The van der Waals surface area contributed by atoms with Crippen molar-refractivity contribution in [3.63, 3.8) is 0 Å². The van der Waals surface area contributed by atoms with E-state index in [4.69, 9.17) is 4.42 Å². The van der Waals surface area contributed by atoms with Crippen LogP contribution in [-0.2, 0) is 21.6 Å². The van der Waals surface area contributed by atoms with Gasteiger partial charge in [-0.2, -0.15) is 8.78 Å². The smallest absolute Gasteiger partial charge is 0.387 e. The lowest BCUT2D eigenvalue weighted by atomic mass is 9.92.